The lowest BCUT2D eigenvalue weighted by Crippen LogP contribution is -2.52. The first-order valence-electron chi connectivity index (χ1n) is 8.88. The minimum atomic E-state index is -3.93. The van der Waals surface area contributed by atoms with Crippen molar-refractivity contribution in [3.05, 3.63) is 23.8 Å². The molecule has 12 heteroatoms. The number of carbonyl (C=O) groups excluding carboxylic acids is 1. The van der Waals surface area contributed by atoms with Crippen molar-refractivity contribution in [2.45, 2.75) is 25.7 Å². The topological polar surface area (TPSA) is 134 Å². The van der Waals surface area contributed by atoms with Gasteiger partial charge in [0.15, 0.2) is 22.3 Å². The van der Waals surface area contributed by atoms with E-state index in [2.05, 4.69) is 25.2 Å². The summed E-state index contributed by atoms with van der Waals surface area (Å²) in [6, 6.07) is -0.111. The average Bonchev–Trinajstić information content (AvgIpc) is 3.01. The molecule has 0 saturated carbocycles. The Kier molecular flexibility index (Phi) is 5.68. The first-order chi connectivity index (χ1) is 13.3. The van der Waals surface area contributed by atoms with Gasteiger partial charge in [0, 0.05) is 45.1 Å². The quantitative estimate of drug-likeness (QED) is 0.738. The molecule has 3 rings (SSSR count). The number of aromatic nitrogens is 3. The maximum Gasteiger partial charge on any atom is 0.317 e. The molecular formula is C16H23N7O4S. The van der Waals surface area contributed by atoms with Crippen LogP contribution in [-0.2, 0) is 10.0 Å². The van der Waals surface area contributed by atoms with Gasteiger partial charge in [-0.1, -0.05) is 5.16 Å². The van der Waals surface area contributed by atoms with Gasteiger partial charge in [0.1, 0.15) is 5.69 Å². The summed E-state index contributed by atoms with van der Waals surface area (Å²) in [6.45, 7) is 7.54. The lowest BCUT2D eigenvalue weighted by molar-refractivity contribution is 0.195. The summed E-state index contributed by atoms with van der Waals surface area (Å²) in [7, 11) is -3.93. The van der Waals surface area contributed by atoms with Crippen LogP contribution in [0.1, 0.15) is 18.4 Å². The molecule has 28 heavy (non-hydrogen) atoms. The van der Waals surface area contributed by atoms with Gasteiger partial charge in [0.2, 0.25) is 0 Å². The molecule has 0 bridgehead atoms. The molecule has 2 aromatic heterocycles. The summed E-state index contributed by atoms with van der Waals surface area (Å²) < 4.78 is 33.0. The Bertz CT molecular complexity index is 932. The van der Waals surface area contributed by atoms with Gasteiger partial charge in [-0.3, -0.25) is 4.72 Å². The molecule has 1 fully saturated rings. The highest BCUT2D eigenvalue weighted by Gasteiger charge is 2.28. The van der Waals surface area contributed by atoms with E-state index >= 15 is 0 Å². The van der Waals surface area contributed by atoms with Crippen LogP contribution in [0.15, 0.2) is 21.8 Å². The maximum atomic E-state index is 12.8. The number of amides is 2. The summed E-state index contributed by atoms with van der Waals surface area (Å²) in [5, 5.41) is 6.46. The van der Waals surface area contributed by atoms with Crippen molar-refractivity contribution in [1.82, 2.24) is 25.3 Å². The van der Waals surface area contributed by atoms with Gasteiger partial charge in [-0.25, -0.2) is 23.2 Å². The Morgan fingerprint density at radius 3 is 2.46 bits per heavy atom. The van der Waals surface area contributed by atoms with Crippen LogP contribution in [0.3, 0.4) is 0 Å². The van der Waals surface area contributed by atoms with Crippen LogP contribution in [0.25, 0.3) is 0 Å². The highest BCUT2D eigenvalue weighted by molar-refractivity contribution is 7.92. The summed E-state index contributed by atoms with van der Waals surface area (Å²) in [4.78, 5) is 24.0. The Morgan fingerprint density at radius 2 is 1.86 bits per heavy atom. The zero-order valence-corrected chi connectivity index (χ0v) is 16.8. The standard InChI is InChI=1S/C16H23N7O4S/c1-4-17-16(24)23-9-7-22(8-10-23)15-14(18-5-6-19-15)21-28(25,26)13-11(2)20-27-12(13)3/h5-6H,4,7-10H2,1-3H3,(H,17,24)(H,18,21). The number of hydrogen-bond donors (Lipinski definition) is 2. The number of nitrogens with zero attached hydrogens (tertiary/aromatic N) is 5. The molecule has 0 spiro atoms. The molecule has 1 aliphatic rings. The van der Waals surface area contributed by atoms with E-state index in [1.54, 1.807) is 11.8 Å². The van der Waals surface area contributed by atoms with Crippen molar-refractivity contribution in [3.8, 4) is 0 Å². The molecule has 11 nitrogen and oxygen atoms in total. The van der Waals surface area contributed by atoms with Gasteiger partial charge in [-0.05, 0) is 20.8 Å². The number of aryl methyl sites for hydroxylation is 2. The molecule has 2 amide bonds. The van der Waals surface area contributed by atoms with Crippen LogP contribution in [-0.4, -0.2) is 67.2 Å². The summed E-state index contributed by atoms with van der Waals surface area (Å²) in [5.74, 6) is 0.730. The van der Waals surface area contributed by atoms with Crippen molar-refractivity contribution >= 4 is 27.7 Å². The molecular weight excluding hydrogens is 386 g/mol. The minimum Gasteiger partial charge on any atom is -0.360 e. The van der Waals surface area contributed by atoms with E-state index in [-0.39, 0.29) is 28.2 Å². The zero-order chi connectivity index (χ0) is 20.3. The van der Waals surface area contributed by atoms with E-state index in [0.717, 1.165) is 0 Å². The van der Waals surface area contributed by atoms with E-state index < -0.39 is 10.0 Å². The van der Waals surface area contributed by atoms with Crippen LogP contribution in [0.2, 0.25) is 0 Å². The van der Waals surface area contributed by atoms with E-state index in [1.165, 1.54) is 19.3 Å². The second-order valence-corrected chi connectivity index (χ2v) is 7.92. The van der Waals surface area contributed by atoms with Gasteiger partial charge in [-0.15, -0.1) is 0 Å². The summed E-state index contributed by atoms with van der Waals surface area (Å²) in [6.07, 6.45) is 2.92. The lowest BCUT2D eigenvalue weighted by Gasteiger charge is -2.35. The highest BCUT2D eigenvalue weighted by Crippen LogP contribution is 2.26. The van der Waals surface area contributed by atoms with Crippen molar-refractivity contribution in [2.75, 3.05) is 42.3 Å². The number of rotatable bonds is 5. The molecule has 2 N–H and O–H groups in total. The third kappa shape index (κ3) is 4.01. The molecule has 2 aromatic rings. The normalized spacial score (nSPS) is 14.8. The number of sulfonamides is 1. The van der Waals surface area contributed by atoms with Crippen molar-refractivity contribution < 1.29 is 17.7 Å². The number of hydrogen-bond acceptors (Lipinski definition) is 8. The monoisotopic (exact) mass is 409 g/mol. The van der Waals surface area contributed by atoms with Crippen molar-refractivity contribution in [1.29, 1.82) is 0 Å². The summed E-state index contributed by atoms with van der Waals surface area (Å²) in [5.41, 5.74) is 0.269. The van der Waals surface area contributed by atoms with Crippen LogP contribution < -0.4 is 14.9 Å². The fraction of sp³-hybridized carbons (Fsp3) is 0.500. The Balaban J connectivity index is 1.79. The van der Waals surface area contributed by atoms with E-state index in [0.29, 0.717) is 38.5 Å². The minimum absolute atomic E-state index is 0.00911. The Hall–Kier alpha value is -2.89. The van der Waals surface area contributed by atoms with Crippen LogP contribution >= 0.6 is 0 Å². The van der Waals surface area contributed by atoms with Gasteiger partial charge < -0.3 is 19.6 Å². The number of urea groups is 1. The van der Waals surface area contributed by atoms with Crippen molar-refractivity contribution in [3.63, 3.8) is 0 Å². The molecule has 0 atom stereocenters. The molecule has 3 heterocycles. The predicted octanol–water partition coefficient (Wildman–Crippen LogP) is 0.734. The second-order valence-electron chi connectivity index (χ2n) is 6.30. The predicted molar refractivity (Wildman–Crippen MR) is 102 cm³/mol. The van der Waals surface area contributed by atoms with E-state index in [9.17, 15) is 13.2 Å². The Morgan fingerprint density at radius 1 is 1.18 bits per heavy atom. The maximum absolute atomic E-state index is 12.8. The summed E-state index contributed by atoms with van der Waals surface area (Å²) >= 11 is 0. The van der Waals surface area contributed by atoms with Gasteiger partial charge >= 0.3 is 6.03 Å². The third-order valence-corrected chi connectivity index (χ3v) is 5.92. The first-order valence-corrected chi connectivity index (χ1v) is 10.4. The first kappa shape index (κ1) is 19.9. The SMILES string of the molecule is CCNC(=O)N1CCN(c2nccnc2NS(=O)(=O)c2c(C)noc2C)CC1. The second kappa shape index (κ2) is 8.00. The van der Waals surface area contributed by atoms with Crippen molar-refractivity contribution in [2.24, 2.45) is 0 Å². The Labute approximate surface area is 163 Å². The van der Waals surface area contributed by atoms with Crippen LogP contribution in [0.4, 0.5) is 16.4 Å². The molecule has 152 valence electrons. The third-order valence-electron chi connectivity index (χ3n) is 4.34. The smallest absolute Gasteiger partial charge is 0.317 e. The highest BCUT2D eigenvalue weighted by atomic mass is 32.2. The molecule has 1 aliphatic heterocycles. The molecule has 0 unspecified atom stereocenters. The van der Waals surface area contributed by atoms with Crippen LogP contribution in [0.5, 0.6) is 0 Å². The van der Waals surface area contributed by atoms with Crippen LogP contribution in [0, 0.1) is 13.8 Å². The molecule has 0 radical (unpaired) electrons. The molecule has 0 aromatic carbocycles. The number of piperazine rings is 1. The fourth-order valence-corrected chi connectivity index (χ4v) is 4.40. The molecule has 1 saturated heterocycles. The average molecular weight is 409 g/mol. The van der Waals surface area contributed by atoms with E-state index in [4.69, 9.17) is 4.52 Å². The zero-order valence-electron chi connectivity index (χ0n) is 16.0. The lowest BCUT2D eigenvalue weighted by atomic mass is 10.3. The van der Waals surface area contributed by atoms with E-state index in [1.807, 2.05) is 11.8 Å². The fourth-order valence-electron chi connectivity index (χ4n) is 3.06. The van der Waals surface area contributed by atoms with Gasteiger partial charge in [-0.2, -0.15) is 0 Å². The van der Waals surface area contributed by atoms with Gasteiger partial charge in [0.05, 0.1) is 0 Å². The number of carbonyl (C=O) groups is 1. The van der Waals surface area contributed by atoms with Gasteiger partial charge in [0.25, 0.3) is 10.0 Å². The number of anilines is 2. The molecule has 0 aliphatic carbocycles. The number of nitrogens with one attached hydrogen (secondary N) is 2. The largest absolute Gasteiger partial charge is 0.360 e.